The Hall–Kier alpha value is -3.41. The van der Waals surface area contributed by atoms with Crippen LogP contribution in [0.5, 0.6) is 0 Å². The summed E-state index contributed by atoms with van der Waals surface area (Å²) in [6, 6.07) is 15.2. The highest BCUT2D eigenvalue weighted by Crippen LogP contribution is 2.10. The number of nitrogens with zero attached hydrogens (tertiary/aromatic N) is 1. The Morgan fingerprint density at radius 3 is 2.47 bits per heavy atom. The van der Waals surface area contributed by atoms with Gasteiger partial charge >= 0.3 is 5.97 Å². The Kier molecular flexibility index (Phi) is 8.81. The number of carboxylic acid groups (broad SMARTS) is 1. The molecule has 0 heterocycles. The largest absolute Gasteiger partial charge is 0.480 e. The normalized spacial score (nSPS) is 11.8. The summed E-state index contributed by atoms with van der Waals surface area (Å²) in [7, 11) is 3.48. The van der Waals surface area contributed by atoms with Gasteiger partial charge in [0.2, 0.25) is 5.91 Å². The Labute approximate surface area is 177 Å². The summed E-state index contributed by atoms with van der Waals surface area (Å²) in [4.78, 5) is 37.3. The molecule has 0 aliphatic carbocycles. The first-order valence-electron chi connectivity index (χ1n) is 9.91. The lowest BCUT2D eigenvalue weighted by molar-refractivity contribution is -0.139. The summed E-state index contributed by atoms with van der Waals surface area (Å²) in [5.41, 5.74) is 2.09. The number of hydrogen-bond acceptors (Lipinski definition) is 3. The van der Waals surface area contributed by atoms with Gasteiger partial charge in [-0.3, -0.25) is 9.59 Å². The van der Waals surface area contributed by atoms with E-state index in [1.54, 1.807) is 37.2 Å². The quantitative estimate of drug-likeness (QED) is 0.590. The third kappa shape index (κ3) is 7.54. The Bertz CT molecular complexity index is 891. The summed E-state index contributed by atoms with van der Waals surface area (Å²) in [5.74, 6) is -1.40. The first kappa shape index (κ1) is 22.9. The van der Waals surface area contributed by atoms with Crippen molar-refractivity contribution in [2.75, 3.05) is 14.1 Å². The number of benzene rings is 2. The van der Waals surface area contributed by atoms with E-state index in [-0.39, 0.29) is 12.3 Å². The van der Waals surface area contributed by atoms with Gasteiger partial charge in [-0.2, -0.15) is 0 Å². The van der Waals surface area contributed by atoms with Gasteiger partial charge in [0.15, 0.2) is 0 Å². The van der Waals surface area contributed by atoms with Crippen molar-refractivity contribution < 1.29 is 19.5 Å². The molecule has 1 atom stereocenters. The highest BCUT2D eigenvalue weighted by atomic mass is 16.4. The monoisotopic (exact) mass is 408 g/mol. The van der Waals surface area contributed by atoms with E-state index in [0.717, 1.165) is 24.0 Å². The summed E-state index contributed by atoms with van der Waals surface area (Å²) >= 11 is 0. The molecule has 6 heteroatoms. The van der Waals surface area contributed by atoms with E-state index in [2.05, 4.69) is 5.32 Å². The number of aliphatic carboxylic acids is 1. The molecule has 0 aliphatic heterocycles. The fourth-order valence-electron chi connectivity index (χ4n) is 2.89. The van der Waals surface area contributed by atoms with Gasteiger partial charge in [0, 0.05) is 32.5 Å². The lowest BCUT2D eigenvalue weighted by Gasteiger charge is -2.15. The number of allylic oxidation sites excluding steroid dienone is 1. The molecule has 158 valence electrons. The van der Waals surface area contributed by atoms with E-state index in [1.807, 2.05) is 48.6 Å². The predicted molar refractivity (Wildman–Crippen MR) is 117 cm³/mol. The molecule has 0 bridgehead atoms. The Morgan fingerprint density at radius 1 is 1.07 bits per heavy atom. The lowest BCUT2D eigenvalue weighted by atomic mass is 10.0. The minimum atomic E-state index is -1.07. The van der Waals surface area contributed by atoms with Crippen LogP contribution in [0.4, 0.5) is 0 Å². The van der Waals surface area contributed by atoms with Crippen molar-refractivity contribution in [1.82, 2.24) is 10.2 Å². The zero-order valence-electron chi connectivity index (χ0n) is 17.4. The molecule has 0 radical (unpaired) electrons. The van der Waals surface area contributed by atoms with Crippen LogP contribution < -0.4 is 5.32 Å². The molecule has 30 heavy (non-hydrogen) atoms. The van der Waals surface area contributed by atoms with Crippen LogP contribution in [0, 0.1) is 0 Å². The van der Waals surface area contributed by atoms with E-state index in [9.17, 15) is 19.5 Å². The summed E-state index contributed by atoms with van der Waals surface area (Å²) in [5, 5.41) is 12.1. The van der Waals surface area contributed by atoms with Crippen molar-refractivity contribution in [3.05, 3.63) is 77.4 Å². The standard InChI is InChI=1S/C24H28N2O4/c1-26(2)22(27)15-8-4-7-10-18-13-9-14-20(16-18)23(28)25-21(24(29)30)17-19-11-5-3-6-12-19/h3,5-7,9-14,16,21H,4,8,15,17H2,1-2H3,(H,25,28)(H,29,30)/b10-7-/t21-/m1/s1. The summed E-state index contributed by atoms with van der Waals surface area (Å²) in [6.45, 7) is 0. The van der Waals surface area contributed by atoms with Gasteiger partial charge in [-0.1, -0.05) is 54.6 Å². The van der Waals surface area contributed by atoms with Crippen molar-refractivity contribution in [3.8, 4) is 0 Å². The summed E-state index contributed by atoms with van der Waals surface area (Å²) < 4.78 is 0. The van der Waals surface area contributed by atoms with E-state index in [1.165, 1.54) is 0 Å². The zero-order valence-corrected chi connectivity index (χ0v) is 17.4. The van der Waals surface area contributed by atoms with Gasteiger partial charge in [0.1, 0.15) is 6.04 Å². The zero-order chi connectivity index (χ0) is 21.9. The second-order valence-corrected chi connectivity index (χ2v) is 7.26. The average molecular weight is 408 g/mol. The van der Waals surface area contributed by atoms with Crippen molar-refractivity contribution in [3.63, 3.8) is 0 Å². The molecule has 2 rings (SSSR count). The van der Waals surface area contributed by atoms with Crippen molar-refractivity contribution in [2.24, 2.45) is 0 Å². The molecule has 0 unspecified atom stereocenters. The topological polar surface area (TPSA) is 86.7 Å². The van der Waals surface area contributed by atoms with Crippen LogP contribution in [-0.4, -0.2) is 47.9 Å². The maximum atomic E-state index is 12.6. The molecule has 0 spiro atoms. The first-order chi connectivity index (χ1) is 14.4. The van der Waals surface area contributed by atoms with Gasteiger partial charge in [-0.15, -0.1) is 0 Å². The van der Waals surface area contributed by atoms with Crippen LogP contribution in [0.3, 0.4) is 0 Å². The molecule has 2 aromatic rings. The molecule has 2 amide bonds. The van der Waals surface area contributed by atoms with Gasteiger partial charge in [-0.25, -0.2) is 4.79 Å². The smallest absolute Gasteiger partial charge is 0.326 e. The molecule has 0 aromatic heterocycles. The number of carbonyl (C=O) groups excluding carboxylic acids is 2. The van der Waals surface area contributed by atoms with Gasteiger partial charge in [-0.05, 0) is 36.1 Å². The minimum Gasteiger partial charge on any atom is -0.480 e. The third-order valence-corrected chi connectivity index (χ3v) is 4.61. The molecule has 0 saturated carbocycles. The van der Waals surface area contributed by atoms with E-state index in [0.29, 0.717) is 12.0 Å². The lowest BCUT2D eigenvalue weighted by Crippen LogP contribution is -2.42. The number of hydrogen-bond donors (Lipinski definition) is 2. The second kappa shape index (κ2) is 11.6. The third-order valence-electron chi connectivity index (χ3n) is 4.61. The molecule has 2 N–H and O–H groups in total. The van der Waals surface area contributed by atoms with E-state index >= 15 is 0 Å². The minimum absolute atomic E-state index is 0.102. The average Bonchev–Trinajstić information content (AvgIpc) is 2.73. The van der Waals surface area contributed by atoms with Crippen molar-refractivity contribution >= 4 is 23.9 Å². The van der Waals surface area contributed by atoms with Gasteiger partial charge < -0.3 is 15.3 Å². The molecule has 0 saturated heterocycles. The molecule has 2 aromatic carbocycles. The van der Waals surface area contributed by atoms with Crippen molar-refractivity contribution in [2.45, 2.75) is 31.7 Å². The van der Waals surface area contributed by atoms with Crippen LogP contribution in [0.25, 0.3) is 6.08 Å². The van der Waals surface area contributed by atoms with Crippen LogP contribution in [0.15, 0.2) is 60.7 Å². The molecular formula is C24H28N2O4. The van der Waals surface area contributed by atoms with Gasteiger partial charge in [0.05, 0.1) is 0 Å². The van der Waals surface area contributed by atoms with Crippen LogP contribution in [0.1, 0.15) is 40.7 Å². The molecule has 6 nitrogen and oxygen atoms in total. The van der Waals surface area contributed by atoms with Crippen LogP contribution in [-0.2, 0) is 16.0 Å². The molecule has 0 aliphatic rings. The number of carboxylic acids is 1. The SMILES string of the molecule is CN(C)C(=O)CCC/C=C\c1cccc(C(=O)N[C@H](Cc2ccccc2)C(=O)O)c1. The number of carbonyl (C=O) groups is 3. The van der Waals surface area contributed by atoms with E-state index in [4.69, 9.17) is 0 Å². The number of rotatable bonds is 10. The molecule has 0 fully saturated rings. The maximum absolute atomic E-state index is 12.6. The highest BCUT2D eigenvalue weighted by molar-refractivity contribution is 5.97. The van der Waals surface area contributed by atoms with E-state index < -0.39 is 17.9 Å². The van der Waals surface area contributed by atoms with Crippen LogP contribution in [0.2, 0.25) is 0 Å². The Balaban J connectivity index is 1.95. The Morgan fingerprint density at radius 2 is 1.80 bits per heavy atom. The molecular weight excluding hydrogens is 380 g/mol. The summed E-state index contributed by atoms with van der Waals surface area (Å²) in [6.07, 6.45) is 6.09. The predicted octanol–water partition coefficient (Wildman–Crippen LogP) is 3.38. The maximum Gasteiger partial charge on any atom is 0.326 e. The number of nitrogens with one attached hydrogen (secondary N) is 1. The highest BCUT2D eigenvalue weighted by Gasteiger charge is 2.21. The van der Waals surface area contributed by atoms with Crippen molar-refractivity contribution in [1.29, 1.82) is 0 Å². The second-order valence-electron chi connectivity index (χ2n) is 7.26. The van der Waals surface area contributed by atoms with Crippen LogP contribution >= 0.6 is 0 Å². The first-order valence-corrected chi connectivity index (χ1v) is 9.91. The fourth-order valence-corrected chi connectivity index (χ4v) is 2.89. The fraction of sp³-hybridized carbons (Fsp3) is 0.292. The number of unbranched alkanes of at least 4 members (excludes halogenated alkanes) is 1. The van der Waals surface area contributed by atoms with Gasteiger partial charge in [0.25, 0.3) is 5.91 Å². The number of amides is 2.